The van der Waals surface area contributed by atoms with Gasteiger partial charge < -0.3 is 10.2 Å². The van der Waals surface area contributed by atoms with Crippen LogP contribution in [0.5, 0.6) is 0 Å². The Labute approximate surface area is 270 Å². The van der Waals surface area contributed by atoms with Crippen LogP contribution >= 0.6 is 27.5 Å². The monoisotopic (exact) mass is 699 g/mol. The van der Waals surface area contributed by atoms with Gasteiger partial charge >= 0.3 is 0 Å². The second-order valence-electron chi connectivity index (χ2n) is 10.4. The van der Waals surface area contributed by atoms with Crippen LogP contribution in [0, 0.1) is 5.82 Å². The SMILES string of the molecule is CC(C)NC(=O)[C@@H](Cc1ccccc1)N(Cc1cccc(Br)c1)C(=O)CN(c1ccc(F)c(Cl)c1)S(=O)(=O)c1ccccc1. The third-order valence-corrected chi connectivity index (χ3v) is 9.32. The minimum Gasteiger partial charge on any atom is -0.352 e. The summed E-state index contributed by atoms with van der Waals surface area (Å²) in [5.41, 5.74) is 1.55. The van der Waals surface area contributed by atoms with E-state index in [0.717, 1.165) is 32.0 Å². The van der Waals surface area contributed by atoms with E-state index in [4.69, 9.17) is 11.6 Å². The number of nitrogens with zero attached hydrogens (tertiary/aromatic N) is 2. The molecule has 0 saturated heterocycles. The Hall–Kier alpha value is -3.73. The molecule has 0 aliphatic carbocycles. The number of anilines is 1. The topological polar surface area (TPSA) is 86.8 Å². The molecule has 0 aliphatic heterocycles. The first kappa shape index (κ1) is 33.2. The smallest absolute Gasteiger partial charge is 0.264 e. The maximum absolute atomic E-state index is 14.4. The summed E-state index contributed by atoms with van der Waals surface area (Å²) in [4.78, 5) is 29.4. The molecule has 11 heteroatoms. The van der Waals surface area contributed by atoms with Crippen LogP contribution in [0.15, 0.2) is 112 Å². The average molecular weight is 701 g/mol. The van der Waals surface area contributed by atoms with Crippen molar-refractivity contribution < 1.29 is 22.4 Å². The molecule has 7 nitrogen and oxygen atoms in total. The first-order valence-electron chi connectivity index (χ1n) is 13.9. The van der Waals surface area contributed by atoms with Gasteiger partial charge in [0.2, 0.25) is 11.8 Å². The van der Waals surface area contributed by atoms with Gasteiger partial charge in [0.05, 0.1) is 15.6 Å². The predicted octanol–water partition coefficient (Wildman–Crippen LogP) is 6.60. The van der Waals surface area contributed by atoms with Gasteiger partial charge in [-0.1, -0.05) is 88.2 Å². The first-order valence-corrected chi connectivity index (χ1v) is 16.5. The fourth-order valence-electron chi connectivity index (χ4n) is 4.66. The highest BCUT2D eigenvalue weighted by Gasteiger charge is 2.35. The van der Waals surface area contributed by atoms with E-state index in [0.29, 0.717) is 0 Å². The third-order valence-electron chi connectivity index (χ3n) is 6.75. The van der Waals surface area contributed by atoms with Gasteiger partial charge in [0.15, 0.2) is 0 Å². The Balaban J connectivity index is 1.82. The standard InChI is InChI=1S/C33H32BrClFN3O4S/c1-23(2)37-33(41)31(19-24-10-5-3-6-11-24)38(21-25-12-9-13-26(34)18-25)32(40)22-39(27-16-17-30(36)29(35)20-27)44(42,43)28-14-7-4-8-15-28/h3-18,20,23,31H,19,21-22H2,1-2H3,(H,37,41)/t31-/m1/s1. The maximum Gasteiger partial charge on any atom is 0.264 e. The highest BCUT2D eigenvalue weighted by molar-refractivity contribution is 9.10. The normalized spacial score (nSPS) is 12.0. The van der Waals surface area contributed by atoms with Crippen molar-refractivity contribution in [3.8, 4) is 0 Å². The Morgan fingerprint density at radius 2 is 1.52 bits per heavy atom. The molecule has 0 fully saturated rings. The summed E-state index contributed by atoms with van der Waals surface area (Å²) in [6.07, 6.45) is 0.187. The Bertz CT molecular complexity index is 1710. The van der Waals surface area contributed by atoms with Crippen LogP contribution in [0.2, 0.25) is 5.02 Å². The lowest BCUT2D eigenvalue weighted by molar-refractivity contribution is -0.140. The molecule has 4 aromatic rings. The molecule has 1 atom stereocenters. The zero-order chi connectivity index (χ0) is 31.9. The minimum absolute atomic E-state index is 0.00208. The van der Waals surface area contributed by atoms with Gasteiger partial charge in [0, 0.05) is 23.5 Å². The van der Waals surface area contributed by atoms with Crippen molar-refractivity contribution in [3.63, 3.8) is 0 Å². The average Bonchev–Trinajstić information content (AvgIpc) is 2.99. The lowest BCUT2D eigenvalue weighted by atomic mass is 10.0. The second-order valence-corrected chi connectivity index (χ2v) is 13.6. The number of amides is 2. The zero-order valence-electron chi connectivity index (χ0n) is 24.2. The van der Waals surface area contributed by atoms with Gasteiger partial charge in [0.25, 0.3) is 10.0 Å². The van der Waals surface area contributed by atoms with Crippen LogP contribution in [0.3, 0.4) is 0 Å². The molecule has 0 heterocycles. The van der Waals surface area contributed by atoms with Crippen molar-refractivity contribution in [2.45, 2.75) is 43.8 Å². The number of sulfonamides is 1. The number of benzene rings is 4. The first-order chi connectivity index (χ1) is 21.0. The van der Waals surface area contributed by atoms with Crippen molar-refractivity contribution in [3.05, 3.63) is 130 Å². The molecule has 1 N–H and O–H groups in total. The fraction of sp³-hybridized carbons (Fsp3) is 0.212. The summed E-state index contributed by atoms with van der Waals surface area (Å²) >= 11 is 9.52. The summed E-state index contributed by atoms with van der Waals surface area (Å²) in [6, 6.07) is 26.5. The molecule has 0 radical (unpaired) electrons. The maximum atomic E-state index is 14.4. The number of rotatable bonds is 12. The van der Waals surface area contributed by atoms with Gasteiger partial charge in [-0.3, -0.25) is 13.9 Å². The molecular formula is C33H32BrClFN3O4S. The van der Waals surface area contributed by atoms with Crippen LogP contribution in [0.4, 0.5) is 10.1 Å². The molecule has 230 valence electrons. The summed E-state index contributed by atoms with van der Waals surface area (Å²) in [5, 5.41) is 2.62. The molecule has 4 aromatic carbocycles. The summed E-state index contributed by atoms with van der Waals surface area (Å²) < 4.78 is 43.7. The molecule has 0 saturated carbocycles. The number of hydrogen-bond acceptors (Lipinski definition) is 4. The molecule has 0 bridgehead atoms. The van der Waals surface area contributed by atoms with Crippen molar-refractivity contribution in [2.75, 3.05) is 10.8 Å². The van der Waals surface area contributed by atoms with Gasteiger partial charge in [0.1, 0.15) is 18.4 Å². The fourth-order valence-corrected chi connectivity index (χ4v) is 6.70. The molecule has 0 aromatic heterocycles. The minimum atomic E-state index is -4.32. The largest absolute Gasteiger partial charge is 0.352 e. The van der Waals surface area contributed by atoms with Crippen molar-refractivity contribution in [2.24, 2.45) is 0 Å². The van der Waals surface area contributed by atoms with Crippen molar-refractivity contribution in [1.82, 2.24) is 10.2 Å². The molecular weight excluding hydrogens is 669 g/mol. The van der Waals surface area contributed by atoms with Gasteiger partial charge in [-0.05, 0) is 67.4 Å². The number of carbonyl (C=O) groups excluding carboxylic acids is 2. The van der Waals surface area contributed by atoms with E-state index < -0.39 is 34.3 Å². The van der Waals surface area contributed by atoms with Crippen LogP contribution in [-0.4, -0.2) is 43.8 Å². The summed E-state index contributed by atoms with van der Waals surface area (Å²) in [5.74, 6) is -1.75. The van der Waals surface area contributed by atoms with Gasteiger partial charge in [-0.2, -0.15) is 0 Å². The van der Waals surface area contributed by atoms with E-state index in [-0.39, 0.29) is 40.5 Å². The molecule has 0 spiro atoms. The summed E-state index contributed by atoms with van der Waals surface area (Å²) in [6.45, 7) is 2.99. The van der Waals surface area contributed by atoms with Crippen molar-refractivity contribution in [1.29, 1.82) is 0 Å². The van der Waals surface area contributed by atoms with E-state index in [1.807, 2.05) is 68.4 Å². The highest BCUT2D eigenvalue weighted by atomic mass is 79.9. The quantitative estimate of drug-likeness (QED) is 0.181. The number of halogens is 3. The van der Waals surface area contributed by atoms with Crippen LogP contribution in [0.25, 0.3) is 0 Å². The molecule has 4 rings (SSSR count). The van der Waals surface area contributed by atoms with E-state index in [9.17, 15) is 22.4 Å². The Kier molecular flexibility index (Phi) is 11.2. The molecule has 0 aliphatic rings. The second kappa shape index (κ2) is 14.8. The Morgan fingerprint density at radius 3 is 2.14 bits per heavy atom. The lowest BCUT2D eigenvalue weighted by Gasteiger charge is -2.34. The number of nitrogens with one attached hydrogen (secondary N) is 1. The van der Waals surface area contributed by atoms with E-state index in [1.165, 1.54) is 23.1 Å². The number of hydrogen-bond donors (Lipinski definition) is 1. The Morgan fingerprint density at radius 1 is 0.886 bits per heavy atom. The van der Waals surface area contributed by atoms with Crippen LogP contribution < -0.4 is 9.62 Å². The zero-order valence-corrected chi connectivity index (χ0v) is 27.3. The van der Waals surface area contributed by atoms with E-state index >= 15 is 0 Å². The van der Waals surface area contributed by atoms with E-state index in [2.05, 4.69) is 21.2 Å². The van der Waals surface area contributed by atoms with Crippen LogP contribution in [-0.2, 0) is 32.6 Å². The molecule has 2 amide bonds. The van der Waals surface area contributed by atoms with Crippen LogP contribution in [0.1, 0.15) is 25.0 Å². The van der Waals surface area contributed by atoms with E-state index in [1.54, 1.807) is 18.2 Å². The summed E-state index contributed by atoms with van der Waals surface area (Å²) in [7, 11) is -4.32. The molecule has 44 heavy (non-hydrogen) atoms. The highest BCUT2D eigenvalue weighted by Crippen LogP contribution is 2.28. The van der Waals surface area contributed by atoms with Crippen molar-refractivity contribution >= 4 is 55.1 Å². The molecule has 0 unspecified atom stereocenters. The lowest BCUT2D eigenvalue weighted by Crippen LogP contribution is -2.54. The van der Waals surface area contributed by atoms with Gasteiger partial charge in [-0.15, -0.1) is 0 Å². The number of carbonyl (C=O) groups is 2. The predicted molar refractivity (Wildman–Crippen MR) is 174 cm³/mol. The van der Waals surface area contributed by atoms with Gasteiger partial charge in [-0.25, -0.2) is 12.8 Å². The third kappa shape index (κ3) is 8.46.